The standard InChI is InChI=1S/C14H17F2NO/c1-2-5-17-14(13-4-3-6-18-13)10-7-11(15)9-12(16)8-10/h4,7-9,14,17H,2-3,5-6H2,1H3. The van der Waals surface area contributed by atoms with E-state index in [0.717, 1.165) is 31.2 Å². The van der Waals surface area contributed by atoms with Gasteiger partial charge in [-0.15, -0.1) is 0 Å². The summed E-state index contributed by atoms with van der Waals surface area (Å²) in [6.45, 7) is 3.45. The minimum Gasteiger partial charge on any atom is -0.496 e. The normalized spacial score (nSPS) is 16.3. The van der Waals surface area contributed by atoms with Crippen LogP contribution in [0.5, 0.6) is 0 Å². The zero-order valence-electron chi connectivity index (χ0n) is 10.4. The predicted molar refractivity (Wildman–Crippen MR) is 66.0 cm³/mol. The van der Waals surface area contributed by atoms with Crippen molar-refractivity contribution in [1.82, 2.24) is 5.32 Å². The predicted octanol–water partition coefficient (Wildman–Crippen LogP) is 3.31. The molecule has 18 heavy (non-hydrogen) atoms. The summed E-state index contributed by atoms with van der Waals surface area (Å²) in [5.41, 5.74) is 0.564. The van der Waals surface area contributed by atoms with Gasteiger partial charge in [0, 0.05) is 12.5 Å². The molecule has 0 bridgehead atoms. The van der Waals surface area contributed by atoms with E-state index in [2.05, 4.69) is 5.32 Å². The fourth-order valence-corrected chi connectivity index (χ4v) is 2.05. The molecule has 1 aromatic rings. The first-order valence-corrected chi connectivity index (χ1v) is 6.23. The Labute approximate surface area is 106 Å². The monoisotopic (exact) mass is 253 g/mol. The Morgan fingerprint density at radius 1 is 1.28 bits per heavy atom. The van der Waals surface area contributed by atoms with Gasteiger partial charge in [-0.2, -0.15) is 0 Å². The Bertz CT molecular complexity index is 425. The number of hydrogen-bond donors (Lipinski definition) is 1. The molecule has 0 amide bonds. The molecule has 4 heteroatoms. The molecule has 2 rings (SSSR count). The third-order valence-corrected chi connectivity index (χ3v) is 2.83. The van der Waals surface area contributed by atoms with Crippen LogP contribution in [0, 0.1) is 11.6 Å². The van der Waals surface area contributed by atoms with Gasteiger partial charge in [0.2, 0.25) is 0 Å². The Balaban J connectivity index is 2.26. The molecular formula is C14H17F2NO. The third-order valence-electron chi connectivity index (χ3n) is 2.83. The summed E-state index contributed by atoms with van der Waals surface area (Å²) in [6.07, 6.45) is 3.76. The molecule has 1 atom stereocenters. The van der Waals surface area contributed by atoms with Crippen molar-refractivity contribution in [1.29, 1.82) is 0 Å². The summed E-state index contributed by atoms with van der Waals surface area (Å²) in [6, 6.07) is 3.31. The second-order valence-electron chi connectivity index (χ2n) is 4.33. The quantitative estimate of drug-likeness (QED) is 0.869. The van der Waals surface area contributed by atoms with Gasteiger partial charge in [-0.1, -0.05) is 6.92 Å². The average Bonchev–Trinajstić information content (AvgIpc) is 2.82. The molecule has 1 N–H and O–H groups in total. The van der Waals surface area contributed by atoms with Crippen LogP contribution >= 0.6 is 0 Å². The van der Waals surface area contributed by atoms with Crippen LogP contribution in [0.25, 0.3) is 0 Å². The topological polar surface area (TPSA) is 21.3 Å². The van der Waals surface area contributed by atoms with Crippen molar-refractivity contribution in [3.8, 4) is 0 Å². The molecule has 0 aromatic heterocycles. The van der Waals surface area contributed by atoms with Crippen LogP contribution in [0.2, 0.25) is 0 Å². The third kappa shape index (κ3) is 3.07. The molecule has 1 aliphatic heterocycles. The lowest BCUT2D eigenvalue weighted by atomic mass is 10.0. The number of nitrogens with one attached hydrogen (secondary N) is 1. The van der Waals surface area contributed by atoms with E-state index in [1.165, 1.54) is 12.1 Å². The van der Waals surface area contributed by atoms with Gasteiger partial charge in [0.15, 0.2) is 0 Å². The lowest BCUT2D eigenvalue weighted by Crippen LogP contribution is -2.24. The van der Waals surface area contributed by atoms with E-state index < -0.39 is 11.6 Å². The van der Waals surface area contributed by atoms with Crippen LogP contribution in [-0.4, -0.2) is 13.2 Å². The molecule has 0 radical (unpaired) electrons. The molecular weight excluding hydrogens is 236 g/mol. The zero-order chi connectivity index (χ0) is 13.0. The van der Waals surface area contributed by atoms with Crippen molar-refractivity contribution in [3.05, 3.63) is 47.2 Å². The highest BCUT2D eigenvalue weighted by atomic mass is 19.1. The molecule has 1 heterocycles. The number of halogens is 2. The van der Waals surface area contributed by atoms with Crippen molar-refractivity contribution >= 4 is 0 Å². The number of benzene rings is 1. The minimum absolute atomic E-state index is 0.266. The van der Waals surface area contributed by atoms with Crippen LogP contribution in [-0.2, 0) is 4.74 Å². The fraction of sp³-hybridized carbons (Fsp3) is 0.429. The SMILES string of the molecule is CCCNC(C1=CCCO1)c1cc(F)cc(F)c1. The lowest BCUT2D eigenvalue weighted by Gasteiger charge is -2.20. The summed E-state index contributed by atoms with van der Waals surface area (Å²) >= 11 is 0. The second-order valence-corrected chi connectivity index (χ2v) is 4.33. The van der Waals surface area contributed by atoms with Crippen molar-refractivity contribution in [2.24, 2.45) is 0 Å². The van der Waals surface area contributed by atoms with E-state index in [4.69, 9.17) is 4.74 Å². The van der Waals surface area contributed by atoms with Gasteiger partial charge < -0.3 is 10.1 Å². The van der Waals surface area contributed by atoms with Gasteiger partial charge in [0.25, 0.3) is 0 Å². The van der Waals surface area contributed by atoms with Gasteiger partial charge >= 0.3 is 0 Å². The Kier molecular flexibility index (Phi) is 4.31. The summed E-state index contributed by atoms with van der Waals surface area (Å²) in [7, 11) is 0. The molecule has 0 saturated heterocycles. The number of rotatable bonds is 5. The lowest BCUT2D eigenvalue weighted by molar-refractivity contribution is 0.215. The summed E-state index contributed by atoms with van der Waals surface area (Å²) in [5.74, 6) is -0.368. The Morgan fingerprint density at radius 2 is 2.00 bits per heavy atom. The molecule has 1 aliphatic rings. The average molecular weight is 253 g/mol. The van der Waals surface area contributed by atoms with Gasteiger partial charge in [0.1, 0.15) is 17.4 Å². The van der Waals surface area contributed by atoms with Crippen LogP contribution in [0.1, 0.15) is 31.4 Å². The maximum absolute atomic E-state index is 13.3. The van der Waals surface area contributed by atoms with Gasteiger partial charge in [0.05, 0.1) is 12.6 Å². The summed E-state index contributed by atoms with van der Waals surface area (Å²) < 4.78 is 32.0. The molecule has 1 aromatic carbocycles. The van der Waals surface area contributed by atoms with E-state index in [0.29, 0.717) is 12.2 Å². The van der Waals surface area contributed by atoms with Crippen molar-refractivity contribution in [2.75, 3.05) is 13.2 Å². The summed E-state index contributed by atoms with van der Waals surface area (Å²) in [4.78, 5) is 0. The van der Waals surface area contributed by atoms with Gasteiger partial charge in [-0.25, -0.2) is 8.78 Å². The molecule has 0 spiro atoms. The Hall–Kier alpha value is -1.42. The maximum atomic E-state index is 13.3. The first kappa shape index (κ1) is 13.0. The van der Waals surface area contributed by atoms with Gasteiger partial charge in [-0.3, -0.25) is 0 Å². The number of hydrogen-bond acceptors (Lipinski definition) is 2. The van der Waals surface area contributed by atoms with Crippen LogP contribution < -0.4 is 5.32 Å². The maximum Gasteiger partial charge on any atom is 0.126 e. The highest BCUT2D eigenvalue weighted by molar-refractivity contribution is 5.28. The van der Waals surface area contributed by atoms with Crippen molar-refractivity contribution in [2.45, 2.75) is 25.8 Å². The fourth-order valence-electron chi connectivity index (χ4n) is 2.05. The highest BCUT2D eigenvalue weighted by Gasteiger charge is 2.21. The van der Waals surface area contributed by atoms with Crippen molar-refractivity contribution < 1.29 is 13.5 Å². The molecule has 0 aliphatic carbocycles. The molecule has 0 fully saturated rings. The zero-order valence-corrected chi connectivity index (χ0v) is 10.4. The second kappa shape index (κ2) is 5.96. The minimum atomic E-state index is -0.563. The van der Waals surface area contributed by atoms with E-state index in [9.17, 15) is 8.78 Å². The van der Waals surface area contributed by atoms with E-state index in [1.54, 1.807) is 0 Å². The molecule has 2 nitrogen and oxygen atoms in total. The van der Waals surface area contributed by atoms with Crippen LogP contribution in [0.4, 0.5) is 8.78 Å². The smallest absolute Gasteiger partial charge is 0.126 e. The van der Waals surface area contributed by atoms with E-state index >= 15 is 0 Å². The van der Waals surface area contributed by atoms with Crippen LogP contribution in [0.3, 0.4) is 0 Å². The first-order valence-electron chi connectivity index (χ1n) is 6.23. The van der Waals surface area contributed by atoms with E-state index in [-0.39, 0.29) is 6.04 Å². The molecule has 98 valence electrons. The molecule has 0 saturated carbocycles. The van der Waals surface area contributed by atoms with E-state index in [1.807, 2.05) is 13.0 Å². The number of ether oxygens (including phenoxy) is 1. The van der Waals surface area contributed by atoms with Crippen LogP contribution in [0.15, 0.2) is 30.0 Å². The van der Waals surface area contributed by atoms with Gasteiger partial charge in [-0.05, 0) is 36.7 Å². The Morgan fingerprint density at radius 3 is 2.56 bits per heavy atom. The highest BCUT2D eigenvalue weighted by Crippen LogP contribution is 2.27. The largest absolute Gasteiger partial charge is 0.496 e. The molecule has 1 unspecified atom stereocenters. The first-order chi connectivity index (χ1) is 8.70. The summed E-state index contributed by atoms with van der Waals surface area (Å²) in [5, 5.41) is 3.26. The van der Waals surface area contributed by atoms with Crippen molar-refractivity contribution in [3.63, 3.8) is 0 Å².